The van der Waals surface area contributed by atoms with E-state index in [-0.39, 0.29) is 23.0 Å². The van der Waals surface area contributed by atoms with Crippen molar-refractivity contribution in [3.05, 3.63) is 59.2 Å². The molecule has 0 aliphatic heterocycles. The molecule has 0 aliphatic rings. The minimum Gasteiger partial charge on any atom is -0.504 e. The lowest BCUT2D eigenvalue weighted by Crippen LogP contribution is -1.93. The fourth-order valence-electron chi connectivity index (χ4n) is 3.17. The van der Waals surface area contributed by atoms with E-state index in [9.17, 15) is 20.4 Å². The average Bonchev–Trinajstić information content (AvgIpc) is 2.55. The van der Waals surface area contributed by atoms with E-state index >= 15 is 0 Å². The summed E-state index contributed by atoms with van der Waals surface area (Å²) in [4.78, 5) is 0. The lowest BCUT2D eigenvalue weighted by atomic mass is 9.87. The Morgan fingerprint density at radius 3 is 1.60 bits per heavy atom. The smallest absolute Gasteiger partial charge is 0.158 e. The first-order valence-corrected chi connectivity index (χ1v) is 7.95. The second-order valence-corrected chi connectivity index (χ2v) is 6.31. The second-order valence-electron chi connectivity index (χ2n) is 6.31. The van der Waals surface area contributed by atoms with Gasteiger partial charge in [-0.2, -0.15) is 0 Å². The maximum Gasteiger partial charge on any atom is 0.158 e. The number of hydrogen-bond acceptors (Lipinski definition) is 4. The molecule has 0 saturated heterocycles. The van der Waals surface area contributed by atoms with Crippen LogP contribution in [0.25, 0.3) is 22.3 Å². The van der Waals surface area contributed by atoms with Crippen LogP contribution in [-0.4, -0.2) is 20.4 Å². The molecule has 0 heterocycles. The Kier molecular flexibility index (Phi) is 4.05. The molecule has 0 spiro atoms. The summed E-state index contributed by atoms with van der Waals surface area (Å²) in [5, 5.41) is 39.3. The fraction of sp³-hybridized carbons (Fsp3) is 0.143. The Bertz CT molecular complexity index is 974. The third-order valence-corrected chi connectivity index (χ3v) is 4.48. The Morgan fingerprint density at radius 2 is 1.00 bits per heavy atom. The zero-order valence-corrected chi connectivity index (χ0v) is 14.3. The van der Waals surface area contributed by atoms with Gasteiger partial charge in [0.2, 0.25) is 0 Å². The first kappa shape index (κ1) is 16.7. The molecule has 128 valence electrons. The summed E-state index contributed by atoms with van der Waals surface area (Å²) in [5.41, 5.74) is 6.02. The molecule has 3 aromatic carbocycles. The number of aromatic hydroxyl groups is 4. The van der Waals surface area contributed by atoms with Crippen LogP contribution in [0.2, 0.25) is 0 Å². The van der Waals surface area contributed by atoms with Gasteiger partial charge in [0.1, 0.15) is 0 Å². The third-order valence-electron chi connectivity index (χ3n) is 4.48. The number of phenolic OH excluding ortho intramolecular Hbond substituents is 4. The van der Waals surface area contributed by atoms with Crippen molar-refractivity contribution >= 4 is 0 Å². The average molecular weight is 336 g/mol. The molecule has 4 N–H and O–H groups in total. The van der Waals surface area contributed by atoms with Gasteiger partial charge in [-0.25, -0.2) is 0 Å². The first-order valence-electron chi connectivity index (χ1n) is 7.95. The van der Waals surface area contributed by atoms with Crippen LogP contribution in [0.5, 0.6) is 23.0 Å². The van der Waals surface area contributed by atoms with Crippen molar-refractivity contribution in [2.24, 2.45) is 0 Å². The Labute approximate surface area is 146 Å². The van der Waals surface area contributed by atoms with E-state index in [0.29, 0.717) is 0 Å². The molecule has 0 amide bonds. The second kappa shape index (κ2) is 6.06. The minimum absolute atomic E-state index is 0.158. The molecule has 3 aromatic rings. The highest BCUT2D eigenvalue weighted by Gasteiger charge is 2.17. The summed E-state index contributed by atoms with van der Waals surface area (Å²) in [6.45, 7) is 5.70. The molecule has 4 nitrogen and oxygen atoms in total. The third kappa shape index (κ3) is 2.87. The molecule has 4 heteroatoms. The van der Waals surface area contributed by atoms with Crippen LogP contribution in [-0.2, 0) is 0 Å². The van der Waals surface area contributed by atoms with E-state index in [1.54, 1.807) is 12.1 Å². The monoisotopic (exact) mass is 336 g/mol. The summed E-state index contributed by atoms with van der Waals surface area (Å²) in [5.74, 6) is -0.679. The number of phenols is 4. The van der Waals surface area contributed by atoms with Crippen molar-refractivity contribution in [2.45, 2.75) is 20.8 Å². The van der Waals surface area contributed by atoms with E-state index in [2.05, 4.69) is 0 Å². The Hall–Kier alpha value is -3.14. The van der Waals surface area contributed by atoms with E-state index in [1.807, 2.05) is 39.0 Å². The van der Waals surface area contributed by atoms with Crippen LogP contribution in [0.3, 0.4) is 0 Å². The summed E-state index contributed by atoms with van der Waals surface area (Å²) in [7, 11) is 0. The van der Waals surface area contributed by atoms with Crippen molar-refractivity contribution in [3.63, 3.8) is 0 Å². The highest BCUT2D eigenvalue weighted by atomic mass is 16.3. The lowest BCUT2D eigenvalue weighted by Gasteiger charge is -2.18. The van der Waals surface area contributed by atoms with Crippen molar-refractivity contribution in [2.75, 3.05) is 0 Å². The number of benzene rings is 3. The largest absolute Gasteiger partial charge is 0.504 e. The van der Waals surface area contributed by atoms with Crippen molar-refractivity contribution in [3.8, 4) is 45.3 Å². The Balaban J connectivity index is 2.34. The lowest BCUT2D eigenvalue weighted by molar-refractivity contribution is 0.403. The van der Waals surface area contributed by atoms with Crippen molar-refractivity contribution in [1.29, 1.82) is 0 Å². The van der Waals surface area contributed by atoms with Crippen LogP contribution in [0.4, 0.5) is 0 Å². The molecular formula is C21H20O4. The van der Waals surface area contributed by atoms with Crippen LogP contribution < -0.4 is 0 Å². The minimum atomic E-state index is -0.182. The highest BCUT2D eigenvalue weighted by molar-refractivity contribution is 5.89. The van der Waals surface area contributed by atoms with Crippen molar-refractivity contribution in [1.82, 2.24) is 0 Å². The van der Waals surface area contributed by atoms with E-state index in [1.165, 1.54) is 12.1 Å². The van der Waals surface area contributed by atoms with Crippen LogP contribution in [0.1, 0.15) is 16.7 Å². The van der Waals surface area contributed by atoms with Crippen LogP contribution in [0, 0.1) is 20.8 Å². The van der Waals surface area contributed by atoms with E-state index in [0.717, 1.165) is 38.9 Å². The molecule has 0 unspecified atom stereocenters. The van der Waals surface area contributed by atoms with Gasteiger partial charge in [0.05, 0.1) is 0 Å². The van der Waals surface area contributed by atoms with Gasteiger partial charge in [0, 0.05) is 0 Å². The maximum atomic E-state index is 9.95. The normalized spacial score (nSPS) is 10.8. The maximum absolute atomic E-state index is 9.95. The van der Waals surface area contributed by atoms with Gasteiger partial charge >= 0.3 is 0 Å². The fourth-order valence-corrected chi connectivity index (χ4v) is 3.17. The zero-order chi connectivity index (χ0) is 18.3. The summed E-state index contributed by atoms with van der Waals surface area (Å²) < 4.78 is 0. The van der Waals surface area contributed by atoms with Gasteiger partial charge in [-0.3, -0.25) is 0 Å². The van der Waals surface area contributed by atoms with Gasteiger partial charge in [0.15, 0.2) is 23.0 Å². The molecule has 0 bridgehead atoms. The zero-order valence-electron chi connectivity index (χ0n) is 14.3. The first-order chi connectivity index (χ1) is 11.8. The van der Waals surface area contributed by atoms with Gasteiger partial charge < -0.3 is 20.4 Å². The van der Waals surface area contributed by atoms with Crippen LogP contribution in [0.15, 0.2) is 42.5 Å². The van der Waals surface area contributed by atoms with Crippen LogP contribution >= 0.6 is 0 Å². The van der Waals surface area contributed by atoms with Gasteiger partial charge in [-0.15, -0.1) is 0 Å². The highest BCUT2D eigenvalue weighted by Crippen LogP contribution is 2.43. The molecule has 0 radical (unpaired) electrons. The predicted octanol–water partition coefficient (Wildman–Crippen LogP) is 4.77. The number of hydrogen-bond donors (Lipinski definition) is 4. The molecule has 3 rings (SSSR count). The van der Waals surface area contributed by atoms with Crippen molar-refractivity contribution < 1.29 is 20.4 Å². The molecule has 0 fully saturated rings. The van der Waals surface area contributed by atoms with Gasteiger partial charge in [-0.1, -0.05) is 18.2 Å². The summed E-state index contributed by atoms with van der Waals surface area (Å²) in [6.07, 6.45) is 0. The van der Waals surface area contributed by atoms with Gasteiger partial charge in [-0.05, 0) is 84.0 Å². The molecule has 0 aromatic heterocycles. The standard InChI is InChI=1S/C21H20O4/c1-11-5-4-6-14(15-9-19(24)17(22)7-12(15)2)21(11)16-10-20(25)18(23)8-13(16)3/h4-10,22-25H,1-3H3. The predicted molar refractivity (Wildman–Crippen MR) is 98.2 cm³/mol. The topological polar surface area (TPSA) is 80.9 Å². The molecule has 0 saturated carbocycles. The number of rotatable bonds is 2. The summed E-state index contributed by atoms with van der Waals surface area (Å²) >= 11 is 0. The summed E-state index contributed by atoms with van der Waals surface area (Å²) in [6, 6.07) is 12.0. The quantitative estimate of drug-likeness (QED) is 0.508. The molecule has 25 heavy (non-hydrogen) atoms. The Morgan fingerprint density at radius 1 is 0.520 bits per heavy atom. The molecule has 0 aliphatic carbocycles. The van der Waals surface area contributed by atoms with Gasteiger partial charge in [0.25, 0.3) is 0 Å². The van der Waals surface area contributed by atoms with E-state index < -0.39 is 0 Å². The molecule has 0 atom stereocenters. The SMILES string of the molecule is Cc1cc(O)c(O)cc1-c1cccc(C)c1-c1cc(O)c(O)cc1C. The number of aryl methyl sites for hydroxylation is 3. The molecular weight excluding hydrogens is 316 g/mol. The van der Waals surface area contributed by atoms with E-state index in [4.69, 9.17) is 0 Å².